The summed E-state index contributed by atoms with van der Waals surface area (Å²) in [5.41, 5.74) is 13.3. The van der Waals surface area contributed by atoms with Crippen molar-refractivity contribution in [1.29, 1.82) is 0 Å². The lowest BCUT2D eigenvalue weighted by Crippen LogP contribution is -2.00. The van der Waals surface area contributed by atoms with Gasteiger partial charge in [0, 0.05) is 33.2 Å². The van der Waals surface area contributed by atoms with E-state index < -0.39 is 0 Å². The number of rotatable bonds is 7. The second-order valence-corrected chi connectivity index (χ2v) is 13.7. The Morgan fingerprint density at radius 3 is 0.873 bits per heavy atom. The van der Waals surface area contributed by atoms with Crippen LogP contribution in [0.3, 0.4) is 0 Å². The van der Waals surface area contributed by atoms with Crippen LogP contribution >= 0.6 is 0 Å². The molecule has 4 nitrogen and oxygen atoms in total. The highest BCUT2D eigenvalue weighted by atomic mass is 15.0. The molecule has 0 radical (unpaired) electrons. The fraction of sp³-hybridized carbons (Fsp3) is 0. The number of para-hydroxylation sites is 2. The molecule has 0 saturated carbocycles. The van der Waals surface area contributed by atoms with E-state index in [0.29, 0.717) is 17.5 Å². The second-order valence-electron chi connectivity index (χ2n) is 13.7. The van der Waals surface area contributed by atoms with Gasteiger partial charge >= 0.3 is 0 Å². The molecule has 0 N–H and O–H groups in total. The van der Waals surface area contributed by atoms with Gasteiger partial charge < -0.3 is 4.57 Å². The van der Waals surface area contributed by atoms with Crippen LogP contribution in [0.5, 0.6) is 0 Å². The van der Waals surface area contributed by atoms with E-state index >= 15 is 0 Å². The normalized spacial score (nSPS) is 11.3. The van der Waals surface area contributed by atoms with Gasteiger partial charge in [-0.25, -0.2) is 15.0 Å². The van der Waals surface area contributed by atoms with E-state index in [1.165, 1.54) is 32.9 Å². The van der Waals surface area contributed by atoms with Crippen LogP contribution in [-0.2, 0) is 0 Å². The van der Waals surface area contributed by atoms with Crippen molar-refractivity contribution in [2.75, 3.05) is 0 Å². The number of nitrogens with zero attached hydrogens (tertiary/aromatic N) is 4. The van der Waals surface area contributed by atoms with Crippen molar-refractivity contribution in [3.05, 3.63) is 206 Å². The maximum atomic E-state index is 5.03. The lowest BCUT2D eigenvalue weighted by atomic mass is 10.0. The van der Waals surface area contributed by atoms with Crippen LogP contribution in [0.15, 0.2) is 206 Å². The lowest BCUT2D eigenvalue weighted by molar-refractivity contribution is 1.07. The molecule has 55 heavy (non-hydrogen) atoms. The van der Waals surface area contributed by atoms with E-state index in [4.69, 9.17) is 15.0 Å². The van der Waals surface area contributed by atoms with Gasteiger partial charge in [-0.15, -0.1) is 0 Å². The highest BCUT2D eigenvalue weighted by molar-refractivity contribution is 6.09. The molecule has 8 aromatic carbocycles. The molecule has 0 amide bonds. The van der Waals surface area contributed by atoms with E-state index in [-0.39, 0.29) is 0 Å². The fourth-order valence-corrected chi connectivity index (χ4v) is 7.46. The molecular formula is C51H34N4. The molecule has 0 fully saturated rings. The Morgan fingerprint density at radius 1 is 0.236 bits per heavy atom. The van der Waals surface area contributed by atoms with Gasteiger partial charge in [-0.1, -0.05) is 182 Å². The van der Waals surface area contributed by atoms with Gasteiger partial charge in [0.2, 0.25) is 0 Å². The molecule has 0 aliphatic heterocycles. The summed E-state index contributed by atoms with van der Waals surface area (Å²) in [6.45, 7) is 0. The maximum Gasteiger partial charge on any atom is 0.164 e. The predicted octanol–water partition coefficient (Wildman–Crippen LogP) is 13.0. The first kappa shape index (κ1) is 32.2. The average molecular weight is 703 g/mol. The molecule has 0 aliphatic rings. The van der Waals surface area contributed by atoms with Gasteiger partial charge in [0.05, 0.1) is 11.0 Å². The molecule has 0 bridgehead atoms. The zero-order valence-corrected chi connectivity index (χ0v) is 29.9. The van der Waals surface area contributed by atoms with Crippen LogP contribution in [0.1, 0.15) is 0 Å². The molecule has 0 atom stereocenters. The van der Waals surface area contributed by atoms with E-state index in [1.54, 1.807) is 0 Å². The van der Waals surface area contributed by atoms with Crippen molar-refractivity contribution in [2.45, 2.75) is 0 Å². The number of hydrogen-bond donors (Lipinski definition) is 0. The molecule has 10 rings (SSSR count). The minimum atomic E-state index is 0.632. The SMILES string of the molecule is c1ccc(-c2ccc(-c3nc(-c4ccc(-c5ccccc5)cc4)nc(-c4ccc(-c5ccc(-n6c7ccccc7c7ccccc76)cc5)cc4)n3)cc2)cc1. The summed E-state index contributed by atoms with van der Waals surface area (Å²) < 4.78 is 2.35. The molecule has 10 aromatic rings. The Kier molecular flexibility index (Phi) is 8.12. The Labute approximate surface area is 319 Å². The largest absolute Gasteiger partial charge is 0.309 e. The van der Waals surface area contributed by atoms with Crippen molar-refractivity contribution in [1.82, 2.24) is 19.5 Å². The first-order chi connectivity index (χ1) is 27.2. The first-order valence-corrected chi connectivity index (χ1v) is 18.5. The van der Waals surface area contributed by atoms with Crippen LogP contribution in [0, 0.1) is 0 Å². The van der Waals surface area contributed by atoms with E-state index in [1.807, 2.05) is 12.1 Å². The number of hydrogen-bond acceptors (Lipinski definition) is 3. The standard InChI is InChI=1S/C51H34N4/c1-3-11-35(12-4-1)37-19-25-41(26-20-37)49-52-50(42-27-21-38(22-28-42)36-13-5-2-6-14-36)54-51(53-49)43-29-23-39(24-30-43)40-31-33-44(34-32-40)55-47-17-9-7-15-45(47)46-16-8-10-18-48(46)55/h1-34H. The third-order valence-corrected chi connectivity index (χ3v) is 10.3. The van der Waals surface area contributed by atoms with Crippen LogP contribution in [0.2, 0.25) is 0 Å². The molecule has 0 aliphatic carbocycles. The highest BCUT2D eigenvalue weighted by Crippen LogP contribution is 2.34. The van der Waals surface area contributed by atoms with Crippen LogP contribution < -0.4 is 0 Å². The van der Waals surface area contributed by atoms with Crippen molar-refractivity contribution < 1.29 is 0 Å². The summed E-state index contributed by atoms with van der Waals surface area (Å²) in [6, 6.07) is 72.2. The van der Waals surface area contributed by atoms with Gasteiger partial charge in [0.25, 0.3) is 0 Å². The van der Waals surface area contributed by atoms with Crippen LogP contribution in [0.4, 0.5) is 0 Å². The highest BCUT2D eigenvalue weighted by Gasteiger charge is 2.15. The average Bonchev–Trinajstić information content (AvgIpc) is 3.61. The summed E-state index contributed by atoms with van der Waals surface area (Å²) in [6.07, 6.45) is 0. The summed E-state index contributed by atoms with van der Waals surface area (Å²) >= 11 is 0. The molecule has 2 aromatic heterocycles. The van der Waals surface area contributed by atoms with Gasteiger partial charge in [-0.05, 0) is 57.6 Å². The van der Waals surface area contributed by atoms with Crippen molar-refractivity contribution in [3.63, 3.8) is 0 Å². The van der Waals surface area contributed by atoms with Gasteiger partial charge in [0.1, 0.15) is 0 Å². The second kappa shape index (κ2) is 13.8. The number of benzene rings is 8. The van der Waals surface area contributed by atoms with Crippen molar-refractivity contribution >= 4 is 21.8 Å². The molecule has 0 unspecified atom stereocenters. The topological polar surface area (TPSA) is 43.6 Å². The lowest BCUT2D eigenvalue weighted by Gasteiger charge is -2.11. The minimum Gasteiger partial charge on any atom is -0.309 e. The van der Waals surface area contributed by atoms with Gasteiger partial charge in [-0.3, -0.25) is 0 Å². The zero-order chi connectivity index (χ0) is 36.6. The minimum absolute atomic E-state index is 0.632. The first-order valence-electron chi connectivity index (χ1n) is 18.5. The summed E-state index contributed by atoms with van der Waals surface area (Å²) in [4.78, 5) is 15.1. The number of aromatic nitrogens is 4. The Bertz CT molecular complexity index is 2760. The maximum absolute atomic E-state index is 5.03. The van der Waals surface area contributed by atoms with Crippen molar-refractivity contribution in [3.8, 4) is 73.2 Å². The smallest absolute Gasteiger partial charge is 0.164 e. The molecule has 258 valence electrons. The van der Waals surface area contributed by atoms with Gasteiger partial charge in [-0.2, -0.15) is 0 Å². The van der Waals surface area contributed by atoms with E-state index in [2.05, 4.69) is 199 Å². The van der Waals surface area contributed by atoms with Crippen LogP contribution in [-0.4, -0.2) is 19.5 Å². The predicted molar refractivity (Wildman–Crippen MR) is 227 cm³/mol. The Morgan fingerprint density at radius 2 is 0.509 bits per heavy atom. The zero-order valence-electron chi connectivity index (χ0n) is 29.9. The summed E-state index contributed by atoms with van der Waals surface area (Å²) in [7, 11) is 0. The molecule has 0 saturated heterocycles. The third-order valence-electron chi connectivity index (χ3n) is 10.3. The third kappa shape index (κ3) is 6.16. The molecular weight excluding hydrogens is 669 g/mol. The Balaban J connectivity index is 0.992. The van der Waals surface area contributed by atoms with E-state index in [0.717, 1.165) is 44.6 Å². The molecule has 4 heteroatoms. The molecule has 0 spiro atoms. The summed E-state index contributed by atoms with van der Waals surface area (Å²) in [5, 5.41) is 2.52. The monoisotopic (exact) mass is 702 g/mol. The molecule has 2 heterocycles. The quantitative estimate of drug-likeness (QED) is 0.166. The number of fused-ring (bicyclic) bond motifs is 3. The summed E-state index contributed by atoms with van der Waals surface area (Å²) in [5.74, 6) is 1.90. The van der Waals surface area contributed by atoms with Crippen molar-refractivity contribution in [2.24, 2.45) is 0 Å². The van der Waals surface area contributed by atoms with E-state index in [9.17, 15) is 0 Å². The fourth-order valence-electron chi connectivity index (χ4n) is 7.46. The van der Waals surface area contributed by atoms with Crippen LogP contribution in [0.25, 0.3) is 95.0 Å². The van der Waals surface area contributed by atoms with Gasteiger partial charge in [0.15, 0.2) is 17.5 Å². The Hall–Kier alpha value is -7.43.